The maximum atomic E-state index is 9.48. The van der Waals surface area contributed by atoms with E-state index in [-0.39, 0.29) is 18.9 Å². The van der Waals surface area contributed by atoms with Crippen molar-refractivity contribution in [2.45, 2.75) is 47.0 Å². The summed E-state index contributed by atoms with van der Waals surface area (Å²) in [5, 5.41) is 9.48. The molecule has 1 aromatic heterocycles. The fourth-order valence-corrected chi connectivity index (χ4v) is 3.53. The van der Waals surface area contributed by atoms with Gasteiger partial charge in [0, 0.05) is 0 Å². The molecule has 4 atom stereocenters. The molecule has 0 bridgehead atoms. The molecule has 1 N–H and O–H groups in total. The van der Waals surface area contributed by atoms with Crippen LogP contribution in [-0.2, 0) is 24.1 Å². The normalized spacial score (nSPS) is 28.7. The van der Waals surface area contributed by atoms with Crippen molar-refractivity contribution < 1.29 is 29.2 Å². The minimum absolute atomic E-state index is 0.0628. The third-order valence-corrected chi connectivity index (χ3v) is 4.86. The van der Waals surface area contributed by atoms with E-state index in [9.17, 15) is 5.11 Å². The summed E-state index contributed by atoms with van der Waals surface area (Å²) in [5.41, 5.74) is 0.955. The number of aryl methyl sites for hydroxylation is 2. The van der Waals surface area contributed by atoms with Crippen LogP contribution in [0, 0.1) is 25.7 Å². The Balaban J connectivity index is 2.38. The molecule has 0 amide bonds. The van der Waals surface area contributed by atoms with Gasteiger partial charge in [-0.3, -0.25) is 0 Å². The van der Waals surface area contributed by atoms with Gasteiger partial charge in [-0.15, -0.1) is 0 Å². The third kappa shape index (κ3) is 3.41. The van der Waals surface area contributed by atoms with E-state index >= 15 is 0 Å². The van der Waals surface area contributed by atoms with Crippen molar-refractivity contribution in [2.75, 3.05) is 11.5 Å². The summed E-state index contributed by atoms with van der Waals surface area (Å²) in [5.74, 6) is 2.30. The maximum absolute atomic E-state index is 9.48. The molecule has 2 heterocycles. The van der Waals surface area contributed by atoms with Crippen molar-refractivity contribution in [3.8, 4) is 0 Å². The molecule has 0 radical (unpaired) electrons. The van der Waals surface area contributed by atoms with E-state index in [0.717, 1.165) is 17.3 Å². The summed E-state index contributed by atoms with van der Waals surface area (Å²) in [6.07, 6.45) is -0.186. The molecular weight excluding hydrogens is 438 g/mol. The topological polar surface area (TPSA) is 58.5 Å². The van der Waals surface area contributed by atoms with Gasteiger partial charge in [0.2, 0.25) is 0 Å². The molecule has 0 aliphatic carbocycles. The molecule has 4 unspecified atom stereocenters. The molecule has 1 aromatic rings. The van der Waals surface area contributed by atoms with Gasteiger partial charge in [-0.2, -0.15) is 0 Å². The van der Waals surface area contributed by atoms with Crippen molar-refractivity contribution in [1.82, 2.24) is 9.97 Å². The van der Waals surface area contributed by atoms with Crippen molar-refractivity contribution >= 4 is 9.84 Å². The fourth-order valence-electron chi connectivity index (χ4n) is 2.82. The van der Waals surface area contributed by atoms with E-state index in [1.807, 2.05) is 19.9 Å². The van der Waals surface area contributed by atoms with Crippen LogP contribution in [0.3, 0.4) is 0 Å². The van der Waals surface area contributed by atoms with Crippen LogP contribution in [0.15, 0.2) is 6.07 Å². The molecule has 1 saturated heterocycles. The number of hydrogen-bond acceptors (Lipinski definition) is 5. The Labute approximate surface area is 137 Å². The molecule has 0 spiro atoms. The Morgan fingerprint density at radius 1 is 1.33 bits per heavy atom. The Hall–Kier alpha value is -0.642. The summed E-state index contributed by atoms with van der Waals surface area (Å²) in [4.78, 5) is 11.1. The molecule has 6 heteroatoms. The average molecular weight is 461 g/mol. The fraction of sp³-hybridized carbons (Fsp3) is 0.667. The number of aliphatic hydroxyl groups excluding tert-OH is 1. The SMILES string of the molecule is C[C](=[W])N(c1cc(C)nc(C)n1)C1OC(CO)C(C)C1C. The van der Waals surface area contributed by atoms with Crippen LogP contribution in [0.1, 0.15) is 32.3 Å². The second-order valence-electron chi connectivity index (χ2n) is 5.77. The number of nitrogens with zero attached hydrogens (tertiary/aromatic N) is 3. The van der Waals surface area contributed by atoms with Gasteiger partial charge in [-0.1, -0.05) is 0 Å². The van der Waals surface area contributed by atoms with E-state index in [1.165, 1.54) is 23.4 Å². The van der Waals surface area contributed by atoms with Crippen LogP contribution >= 0.6 is 0 Å². The molecule has 21 heavy (non-hydrogen) atoms. The number of rotatable bonds is 4. The van der Waals surface area contributed by atoms with Crippen LogP contribution in [0.2, 0.25) is 0 Å². The van der Waals surface area contributed by atoms with Crippen LogP contribution in [0.5, 0.6) is 0 Å². The zero-order valence-corrected chi connectivity index (χ0v) is 16.1. The first-order valence-electron chi connectivity index (χ1n) is 7.23. The predicted molar refractivity (Wildman–Crippen MR) is 78.7 cm³/mol. The molecule has 0 saturated carbocycles. The second kappa shape index (κ2) is 6.63. The van der Waals surface area contributed by atoms with Gasteiger partial charge >= 0.3 is 137 Å². The van der Waals surface area contributed by atoms with Crippen molar-refractivity contribution in [1.29, 1.82) is 0 Å². The van der Waals surface area contributed by atoms with E-state index in [4.69, 9.17) is 4.74 Å². The summed E-state index contributed by atoms with van der Waals surface area (Å²) in [6, 6.07) is 1.99. The predicted octanol–water partition coefficient (Wildman–Crippen LogP) is 1.59. The van der Waals surface area contributed by atoms with Crippen molar-refractivity contribution in [3.05, 3.63) is 17.6 Å². The molecule has 1 fully saturated rings. The average Bonchev–Trinajstić information content (AvgIpc) is 2.65. The Kier molecular flexibility index (Phi) is 5.28. The molecule has 5 nitrogen and oxygen atoms in total. The zero-order valence-electron chi connectivity index (χ0n) is 13.2. The number of aliphatic hydroxyl groups is 1. The summed E-state index contributed by atoms with van der Waals surface area (Å²) < 4.78 is 7.30. The summed E-state index contributed by atoms with van der Waals surface area (Å²) in [7, 11) is 0. The molecule has 116 valence electrons. The van der Waals surface area contributed by atoms with E-state index < -0.39 is 0 Å². The number of anilines is 1. The van der Waals surface area contributed by atoms with Crippen LogP contribution in [0.4, 0.5) is 5.82 Å². The van der Waals surface area contributed by atoms with Gasteiger partial charge in [-0.25, -0.2) is 0 Å². The summed E-state index contributed by atoms with van der Waals surface area (Å²) >= 11 is 1.38. The minimum atomic E-state index is -0.106. The van der Waals surface area contributed by atoms with Gasteiger partial charge in [0.25, 0.3) is 0 Å². The molecular formula is C15H23N3O2W. The van der Waals surface area contributed by atoms with Gasteiger partial charge < -0.3 is 0 Å². The first kappa shape index (κ1) is 16.7. The van der Waals surface area contributed by atoms with Crippen molar-refractivity contribution in [2.24, 2.45) is 11.8 Å². The first-order chi connectivity index (χ1) is 9.85. The van der Waals surface area contributed by atoms with E-state index in [0.29, 0.717) is 11.8 Å². The number of ether oxygens (including phenoxy) is 1. The van der Waals surface area contributed by atoms with Gasteiger partial charge in [0.1, 0.15) is 0 Å². The summed E-state index contributed by atoms with van der Waals surface area (Å²) in [6.45, 7) is 10.4. The molecule has 1 aliphatic rings. The van der Waals surface area contributed by atoms with Crippen LogP contribution in [0.25, 0.3) is 0 Å². The van der Waals surface area contributed by atoms with Gasteiger partial charge in [0.05, 0.1) is 0 Å². The van der Waals surface area contributed by atoms with E-state index in [2.05, 4.69) is 35.6 Å². The van der Waals surface area contributed by atoms with Gasteiger partial charge in [0.15, 0.2) is 0 Å². The first-order valence-corrected chi connectivity index (χ1v) is 8.70. The zero-order chi connectivity index (χ0) is 15.7. The Morgan fingerprint density at radius 2 is 2.00 bits per heavy atom. The molecule has 1 aliphatic heterocycles. The third-order valence-electron chi connectivity index (χ3n) is 4.15. The number of hydrogen-bond donors (Lipinski definition) is 1. The van der Waals surface area contributed by atoms with E-state index in [1.54, 1.807) is 0 Å². The van der Waals surface area contributed by atoms with Gasteiger partial charge in [-0.05, 0) is 0 Å². The molecule has 0 aromatic carbocycles. The van der Waals surface area contributed by atoms with Crippen LogP contribution in [-0.4, -0.2) is 38.0 Å². The Bertz CT molecular complexity index is 517. The monoisotopic (exact) mass is 461 g/mol. The quantitative estimate of drug-likeness (QED) is 0.739. The second-order valence-corrected chi connectivity index (χ2v) is 7.89. The standard InChI is InChI=1S/C15H23N3O2.W/c1-6-18(14-7-9(2)16-12(5)17-14)15-11(4)10(3)13(8-19)20-15;/h7,10-11,13,15,19H,8H2,1-5H3;. The Morgan fingerprint density at radius 3 is 2.48 bits per heavy atom. The number of aromatic nitrogens is 2. The van der Waals surface area contributed by atoms with Crippen LogP contribution < -0.4 is 4.90 Å². The van der Waals surface area contributed by atoms with Crippen molar-refractivity contribution in [3.63, 3.8) is 0 Å². The molecule has 2 rings (SSSR count).